The molecular weight excluding hydrogens is 392 g/mol. The molecule has 8 heteroatoms. The van der Waals surface area contributed by atoms with Gasteiger partial charge in [0.05, 0.1) is 7.11 Å². The number of nitrogens with one attached hydrogen (secondary N) is 1. The van der Waals surface area contributed by atoms with Crippen LogP contribution in [0.4, 0.5) is 0 Å². The fourth-order valence-electron chi connectivity index (χ4n) is 3.49. The molecule has 0 unspecified atom stereocenters. The van der Waals surface area contributed by atoms with E-state index in [1.165, 1.54) is 0 Å². The van der Waals surface area contributed by atoms with Gasteiger partial charge >= 0.3 is 0 Å². The molecule has 0 fully saturated rings. The molecule has 0 bridgehead atoms. The predicted octanol–water partition coefficient (Wildman–Crippen LogP) is 3.05. The highest BCUT2D eigenvalue weighted by Crippen LogP contribution is 2.29. The quantitative estimate of drug-likeness (QED) is 0.522. The summed E-state index contributed by atoms with van der Waals surface area (Å²) in [7, 11) is 5.42. The topological polar surface area (TPSA) is 86.9 Å². The summed E-state index contributed by atoms with van der Waals surface area (Å²) in [5.74, 6) is 2.77. The number of rotatable bonds is 6. The zero-order chi connectivity index (χ0) is 22.0. The first-order chi connectivity index (χ1) is 15.0. The molecule has 0 radical (unpaired) electrons. The largest absolute Gasteiger partial charge is 0.496 e. The van der Waals surface area contributed by atoms with Crippen LogP contribution in [0, 0.1) is 6.92 Å². The molecule has 31 heavy (non-hydrogen) atoms. The van der Waals surface area contributed by atoms with Gasteiger partial charge in [-0.15, -0.1) is 10.2 Å². The number of imidazole rings is 1. The Kier molecular flexibility index (Phi) is 5.53. The monoisotopic (exact) mass is 416 g/mol. The van der Waals surface area contributed by atoms with Crippen LogP contribution >= 0.6 is 0 Å². The zero-order valence-electron chi connectivity index (χ0n) is 17.9. The predicted molar refractivity (Wildman–Crippen MR) is 117 cm³/mol. The summed E-state index contributed by atoms with van der Waals surface area (Å²) in [5.41, 5.74) is 2.26. The lowest BCUT2D eigenvalue weighted by Gasteiger charge is -2.21. The van der Waals surface area contributed by atoms with Crippen LogP contribution in [0.15, 0.2) is 60.9 Å². The van der Waals surface area contributed by atoms with Gasteiger partial charge in [0.1, 0.15) is 23.4 Å². The molecule has 0 spiro atoms. The molecule has 4 rings (SSSR count). The Bertz CT molecular complexity index is 1210. The van der Waals surface area contributed by atoms with E-state index < -0.39 is 6.04 Å². The Morgan fingerprint density at radius 2 is 1.81 bits per heavy atom. The van der Waals surface area contributed by atoms with E-state index in [4.69, 9.17) is 4.74 Å². The van der Waals surface area contributed by atoms with Crippen LogP contribution in [0.2, 0.25) is 0 Å². The standard InChI is InChI=1S/C23H24N6O2/c1-15-26-27-21(29(15)3)16-9-11-17(12-10-16)23(30)25-20(22-24-13-14-28(22)2)18-7-5-6-8-19(18)31-4/h5-14,20H,1-4H3,(H,25,30)/t20-/m0/s1. The summed E-state index contributed by atoms with van der Waals surface area (Å²) < 4.78 is 9.32. The van der Waals surface area contributed by atoms with Crippen molar-refractivity contribution in [2.24, 2.45) is 14.1 Å². The Morgan fingerprint density at radius 3 is 2.42 bits per heavy atom. The molecule has 1 N–H and O–H groups in total. The molecule has 0 aliphatic heterocycles. The van der Waals surface area contributed by atoms with E-state index in [2.05, 4.69) is 20.5 Å². The molecule has 1 atom stereocenters. The van der Waals surface area contributed by atoms with Crippen molar-refractivity contribution in [3.63, 3.8) is 0 Å². The van der Waals surface area contributed by atoms with E-state index in [0.717, 1.165) is 22.8 Å². The van der Waals surface area contributed by atoms with Crippen molar-refractivity contribution in [3.05, 3.63) is 83.7 Å². The van der Waals surface area contributed by atoms with Gasteiger partial charge in [0.25, 0.3) is 5.91 Å². The van der Waals surface area contributed by atoms with Gasteiger partial charge in [-0.3, -0.25) is 4.79 Å². The van der Waals surface area contributed by atoms with Crippen LogP contribution in [0.5, 0.6) is 5.75 Å². The molecule has 2 aromatic heterocycles. The number of amides is 1. The first kappa shape index (κ1) is 20.3. The molecule has 4 aromatic rings. The summed E-state index contributed by atoms with van der Waals surface area (Å²) in [5, 5.41) is 11.4. The molecule has 1 amide bonds. The van der Waals surface area contributed by atoms with Crippen LogP contribution in [-0.2, 0) is 14.1 Å². The zero-order valence-corrected chi connectivity index (χ0v) is 17.9. The highest BCUT2D eigenvalue weighted by atomic mass is 16.5. The van der Waals surface area contributed by atoms with Crippen LogP contribution < -0.4 is 10.1 Å². The summed E-state index contributed by atoms with van der Waals surface area (Å²) in [6.45, 7) is 1.90. The van der Waals surface area contributed by atoms with Crippen molar-refractivity contribution >= 4 is 5.91 Å². The fraction of sp³-hybridized carbons (Fsp3) is 0.217. The molecule has 158 valence electrons. The first-order valence-corrected chi connectivity index (χ1v) is 9.87. The van der Waals surface area contributed by atoms with Gasteiger partial charge in [0, 0.05) is 43.2 Å². The number of nitrogens with zero attached hydrogens (tertiary/aromatic N) is 5. The van der Waals surface area contributed by atoms with Gasteiger partial charge < -0.3 is 19.2 Å². The lowest BCUT2D eigenvalue weighted by molar-refractivity contribution is 0.0941. The van der Waals surface area contributed by atoms with Crippen molar-refractivity contribution in [2.45, 2.75) is 13.0 Å². The molecule has 0 saturated carbocycles. The maximum absolute atomic E-state index is 13.1. The number of carbonyl (C=O) groups excluding carboxylic acids is 1. The average molecular weight is 416 g/mol. The van der Waals surface area contributed by atoms with E-state index in [-0.39, 0.29) is 5.91 Å². The number of aromatic nitrogens is 5. The lowest BCUT2D eigenvalue weighted by atomic mass is 10.0. The van der Waals surface area contributed by atoms with Crippen molar-refractivity contribution in [1.29, 1.82) is 0 Å². The van der Waals surface area contributed by atoms with Crippen LogP contribution in [-0.4, -0.2) is 37.3 Å². The van der Waals surface area contributed by atoms with E-state index >= 15 is 0 Å². The molecule has 8 nitrogen and oxygen atoms in total. The minimum absolute atomic E-state index is 0.209. The number of ether oxygens (including phenoxy) is 1. The smallest absolute Gasteiger partial charge is 0.252 e. The summed E-state index contributed by atoms with van der Waals surface area (Å²) in [6, 6.07) is 14.5. The third-order valence-electron chi connectivity index (χ3n) is 5.34. The fourth-order valence-corrected chi connectivity index (χ4v) is 3.49. The second-order valence-electron chi connectivity index (χ2n) is 7.25. The SMILES string of the molecule is COc1ccccc1[C@H](NC(=O)c1ccc(-c2nnc(C)n2C)cc1)c1nccn1C. The number of benzene rings is 2. The third kappa shape index (κ3) is 3.92. The normalized spacial score (nSPS) is 11.9. The minimum Gasteiger partial charge on any atom is -0.496 e. The maximum atomic E-state index is 13.1. The molecule has 0 saturated heterocycles. The summed E-state index contributed by atoms with van der Waals surface area (Å²) in [6.07, 6.45) is 3.56. The van der Waals surface area contributed by atoms with Crippen LogP contribution in [0.25, 0.3) is 11.4 Å². The van der Waals surface area contributed by atoms with E-state index in [1.54, 1.807) is 25.4 Å². The molecule has 0 aliphatic carbocycles. The van der Waals surface area contributed by atoms with Gasteiger partial charge in [0.2, 0.25) is 0 Å². The lowest BCUT2D eigenvalue weighted by Crippen LogP contribution is -2.31. The number of carbonyl (C=O) groups is 1. The number of aryl methyl sites for hydroxylation is 2. The summed E-state index contributed by atoms with van der Waals surface area (Å²) in [4.78, 5) is 17.6. The summed E-state index contributed by atoms with van der Waals surface area (Å²) >= 11 is 0. The van der Waals surface area contributed by atoms with Gasteiger partial charge in [-0.1, -0.05) is 30.3 Å². The van der Waals surface area contributed by atoms with Crippen molar-refractivity contribution < 1.29 is 9.53 Å². The second-order valence-corrected chi connectivity index (χ2v) is 7.25. The van der Waals surface area contributed by atoms with Gasteiger partial charge in [0.15, 0.2) is 5.82 Å². The Morgan fingerprint density at radius 1 is 1.06 bits per heavy atom. The van der Waals surface area contributed by atoms with Crippen molar-refractivity contribution in [3.8, 4) is 17.1 Å². The number of para-hydroxylation sites is 1. The third-order valence-corrected chi connectivity index (χ3v) is 5.34. The average Bonchev–Trinajstić information content (AvgIpc) is 3.37. The number of methoxy groups -OCH3 is 1. The Hall–Kier alpha value is -3.94. The first-order valence-electron chi connectivity index (χ1n) is 9.87. The minimum atomic E-state index is -0.468. The maximum Gasteiger partial charge on any atom is 0.252 e. The molecule has 2 aromatic carbocycles. The Balaban J connectivity index is 1.64. The van der Waals surface area contributed by atoms with Gasteiger partial charge in [-0.2, -0.15) is 0 Å². The Labute approximate surface area is 180 Å². The van der Waals surface area contributed by atoms with Gasteiger partial charge in [-0.25, -0.2) is 4.98 Å². The number of hydrogen-bond acceptors (Lipinski definition) is 5. The molecule has 0 aliphatic rings. The van der Waals surface area contributed by atoms with Crippen LogP contribution in [0.3, 0.4) is 0 Å². The van der Waals surface area contributed by atoms with E-state index in [9.17, 15) is 4.79 Å². The highest BCUT2D eigenvalue weighted by Gasteiger charge is 2.24. The number of hydrogen-bond donors (Lipinski definition) is 1. The molecule has 2 heterocycles. The molecular formula is C23H24N6O2. The van der Waals surface area contributed by atoms with E-state index in [1.807, 2.05) is 72.7 Å². The van der Waals surface area contributed by atoms with Gasteiger partial charge in [-0.05, 0) is 25.1 Å². The van der Waals surface area contributed by atoms with Crippen LogP contribution in [0.1, 0.15) is 33.6 Å². The highest BCUT2D eigenvalue weighted by molar-refractivity contribution is 5.95. The van der Waals surface area contributed by atoms with Crippen molar-refractivity contribution in [1.82, 2.24) is 29.6 Å². The second kappa shape index (κ2) is 8.43. The van der Waals surface area contributed by atoms with Crippen molar-refractivity contribution in [2.75, 3.05) is 7.11 Å². The van der Waals surface area contributed by atoms with E-state index in [0.29, 0.717) is 17.1 Å².